The average Bonchev–Trinajstić information content (AvgIpc) is 3.30. The molecule has 6 nitrogen and oxygen atoms in total. The van der Waals surface area contributed by atoms with E-state index in [9.17, 15) is 20.0 Å². The third kappa shape index (κ3) is 4.15. The van der Waals surface area contributed by atoms with E-state index in [1.54, 1.807) is 18.3 Å². The molecule has 1 unspecified atom stereocenters. The Bertz CT molecular complexity index is 859. The second-order valence-corrected chi connectivity index (χ2v) is 8.49. The van der Waals surface area contributed by atoms with Crippen LogP contribution in [-0.4, -0.2) is 22.5 Å². The third-order valence-electron chi connectivity index (χ3n) is 5.11. The van der Waals surface area contributed by atoms with Crippen LogP contribution < -0.4 is 5.32 Å². The van der Waals surface area contributed by atoms with E-state index in [1.807, 2.05) is 12.1 Å². The first-order chi connectivity index (χ1) is 12.8. The minimum Gasteiger partial charge on any atom is -0.388 e. The molecule has 1 saturated carbocycles. The van der Waals surface area contributed by atoms with E-state index in [0.717, 1.165) is 30.6 Å². The highest BCUT2D eigenvalue weighted by Crippen LogP contribution is 2.44. The van der Waals surface area contributed by atoms with Crippen molar-refractivity contribution in [1.82, 2.24) is 5.32 Å². The summed E-state index contributed by atoms with van der Waals surface area (Å²) in [4.78, 5) is 25.1. The number of hydrogen-bond donors (Lipinski definition) is 2. The maximum Gasteiger partial charge on any atom is 0.288 e. The number of carbonyl (C=O) groups excluding carboxylic acids is 1. The number of thiophene rings is 1. The summed E-state index contributed by atoms with van der Waals surface area (Å²) in [6, 6.07) is 8.04. The Hall–Kier alpha value is -1.96. The van der Waals surface area contributed by atoms with E-state index < -0.39 is 11.0 Å². The summed E-state index contributed by atoms with van der Waals surface area (Å²) >= 11 is 7.40. The fourth-order valence-corrected chi connectivity index (χ4v) is 4.95. The first-order valence-electron chi connectivity index (χ1n) is 8.83. The van der Waals surface area contributed by atoms with Gasteiger partial charge in [0.15, 0.2) is 0 Å². The van der Waals surface area contributed by atoms with Gasteiger partial charge in [0.1, 0.15) is 5.02 Å². The van der Waals surface area contributed by atoms with Gasteiger partial charge < -0.3 is 10.4 Å². The molecule has 1 aromatic heterocycles. The second kappa shape index (κ2) is 7.96. The molecule has 1 amide bonds. The Labute approximate surface area is 166 Å². The van der Waals surface area contributed by atoms with Crippen LogP contribution in [0.4, 0.5) is 5.69 Å². The molecule has 1 aliphatic carbocycles. The molecule has 8 heteroatoms. The number of halogens is 1. The quantitative estimate of drug-likeness (QED) is 0.539. The smallest absolute Gasteiger partial charge is 0.288 e. The number of nitrogens with one attached hydrogen (secondary N) is 1. The molecule has 0 bridgehead atoms. The molecule has 1 fully saturated rings. The number of benzene rings is 1. The predicted octanol–water partition coefficient (Wildman–Crippen LogP) is 4.60. The molecule has 0 aliphatic heterocycles. The van der Waals surface area contributed by atoms with Gasteiger partial charge >= 0.3 is 0 Å². The highest BCUT2D eigenvalue weighted by Gasteiger charge is 2.37. The molecule has 1 aliphatic rings. The molecule has 2 aromatic rings. The van der Waals surface area contributed by atoms with Gasteiger partial charge in [0.2, 0.25) is 0 Å². The molecule has 1 atom stereocenters. The summed E-state index contributed by atoms with van der Waals surface area (Å²) in [7, 11) is 0. The summed E-state index contributed by atoms with van der Waals surface area (Å²) in [5, 5.41) is 23.8. The Kier molecular flexibility index (Phi) is 5.83. The standard InChI is InChI=1S/C19H21ClN2O4S/c1-12(23)16-6-7-17(27-16)19(8-2-3-9-19)11-21-18(24)13-4-5-14(20)15(10-13)22(25)26/h4-7,10,12,23H,2-3,8-9,11H2,1H3,(H,21,24). The van der Waals surface area contributed by atoms with Crippen molar-refractivity contribution in [1.29, 1.82) is 0 Å². The van der Waals surface area contributed by atoms with Crippen molar-refractivity contribution in [2.45, 2.75) is 44.1 Å². The number of amides is 1. The lowest BCUT2D eigenvalue weighted by molar-refractivity contribution is -0.384. The van der Waals surface area contributed by atoms with Gasteiger partial charge in [-0.05, 0) is 44.0 Å². The molecule has 0 spiro atoms. The van der Waals surface area contributed by atoms with Crippen LogP contribution in [-0.2, 0) is 5.41 Å². The first-order valence-corrected chi connectivity index (χ1v) is 10.0. The number of nitrogens with zero attached hydrogens (tertiary/aromatic N) is 1. The number of aliphatic hydroxyl groups excluding tert-OH is 1. The van der Waals surface area contributed by atoms with Crippen LogP contribution in [0.2, 0.25) is 5.02 Å². The van der Waals surface area contributed by atoms with Crippen molar-refractivity contribution in [3.05, 3.63) is 60.8 Å². The van der Waals surface area contributed by atoms with Gasteiger partial charge in [-0.2, -0.15) is 0 Å². The van der Waals surface area contributed by atoms with Gasteiger partial charge in [-0.3, -0.25) is 14.9 Å². The van der Waals surface area contributed by atoms with E-state index in [0.29, 0.717) is 6.54 Å². The topological polar surface area (TPSA) is 92.5 Å². The SMILES string of the molecule is CC(O)c1ccc(C2(CNC(=O)c3ccc(Cl)c([N+](=O)[O-])c3)CCCC2)s1. The Morgan fingerprint density at radius 1 is 1.37 bits per heavy atom. The van der Waals surface area contributed by atoms with Gasteiger partial charge in [-0.15, -0.1) is 11.3 Å². The summed E-state index contributed by atoms with van der Waals surface area (Å²) < 4.78 is 0. The maximum absolute atomic E-state index is 12.6. The van der Waals surface area contributed by atoms with Crippen LogP contribution in [0.5, 0.6) is 0 Å². The highest BCUT2D eigenvalue weighted by molar-refractivity contribution is 7.12. The molecule has 144 valence electrons. The van der Waals surface area contributed by atoms with Crippen LogP contribution in [0.25, 0.3) is 0 Å². The van der Waals surface area contributed by atoms with Gasteiger partial charge in [-0.25, -0.2) is 0 Å². The van der Waals surface area contributed by atoms with E-state index >= 15 is 0 Å². The third-order valence-corrected chi connectivity index (χ3v) is 6.94. The zero-order valence-corrected chi connectivity index (χ0v) is 16.5. The van der Waals surface area contributed by atoms with Crippen molar-refractivity contribution in [2.75, 3.05) is 6.54 Å². The zero-order valence-electron chi connectivity index (χ0n) is 14.9. The number of carbonyl (C=O) groups is 1. The zero-order chi connectivity index (χ0) is 19.6. The summed E-state index contributed by atoms with van der Waals surface area (Å²) in [6.45, 7) is 2.20. The van der Waals surface area contributed by atoms with E-state index in [-0.39, 0.29) is 27.6 Å². The van der Waals surface area contributed by atoms with Gasteiger partial charge in [0.25, 0.3) is 11.6 Å². The van der Waals surface area contributed by atoms with E-state index in [4.69, 9.17) is 11.6 Å². The predicted molar refractivity (Wildman–Crippen MR) is 106 cm³/mol. The molecule has 0 saturated heterocycles. The Balaban J connectivity index is 1.77. The maximum atomic E-state index is 12.6. The molecule has 2 N–H and O–H groups in total. The van der Waals surface area contributed by atoms with Crippen LogP contribution in [0.1, 0.15) is 58.8 Å². The van der Waals surface area contributed by atoms with Crippen LogP contribution in [0.3, 0.4) is 0 Å². The number of rotatable bonds is 6. The lowest BCUT2D eigenvalue weighted by Gasteiger charge is -2.28. The largest absolute Gasteiger partial charge is 0.388 e. The fraction of sp³-hybridized carbons (Fsp3) is 0.421. The number of hydrogen-bond acceptors (Lipinski definition) is 5. The van der Waals surface area contributed by atoms with E-state index in [1.165, 1.54) is 23.1 Å². The average molecular weight is 409 g/mol. The monoisotopic (exact) mass is 408 g/mol. The first kappa shape index (κ1) is 19.8. The van der Waals surface area contributed by atoms with Crippen molar-refractivity contribution in [2.24, 2.45) is 0 Å². The second-order valence-electron chi connectivity index (χ2n) is 6.97. The molecule has 27 heavy (non-hydrogen) atoms. The molecular formula is C19H21ClN2O4S. The molecule has 0 radical (unpaired) electrons. The van der Waals surface area contributed by atoms with Gasteiger partial charge in [0.05, 0.1) is 11.0 Å². The van der Waals surface area contributed by atoms with Gasteiger partial charge in [-0.1, -0.05) is 24.4 Å². The van der Waals surface area contributed by atoms with Crippen LogP contribution in [0, 0.1) is 10.1 Å². The van der Waals surface area contributed by atoms with Crippen molar-refractivity contribution < 1.29 is 14.8 Å². The number of aliphatic hydroxyl groups is 1. The molecule has 1 heterocycles. The molecular weight excluding hydrogens is 388 g/mol. The lowest BCUT2D eigenvalue weighted by atomic mass is 9.84. The van der Waals surface area contributed by atoms with Crippen molar-refractivity contribution in [3.63, 3.8) is 0 Å². The Morgan fingerprint density at radius 3 is 2.67 bits per heavy atom. The molecule has 1 aromatic carbocycles. The summed E-state index contributed by atoms with van der Waals surface area (Å²) in [5.74, 6) is -0.353. The van der Waals surface area contributed by atoms with Crippen molar-refractivity contribution >= 4 is 34.5 Å². The van der Waals surface area contributed by atoms with Gasteiger partial charge in [0, 0.05) is 33.3 Å². The van der Waals surface area contributed by atoms with Crippen LogP contribution >= 0.6 is 22.9 Å². The number of nitro benzene ring substituents is 1. The number of nitro groups is 1. The Morgan fingerprint density at radius 2 is 2.07 bits per heavy atom. The highest BCUT2D eigenvalue weighted by atomic mass is 35.5. The normalized spacial score (nSPS) is 16.9. The summed E-state index contributed by atoms with van der Waals surface area (Å²) in [6.07, 6.45) is 3.60. The fourth-order valence-electron chi connectivity index (χ4n) is 3.57. The van der Waals surface area contributed by atoms with E-state index in [2.05, 4.69) is 5.32 Å². The van der Waals surface area contributed by atoms with Crippen LogP contribution in [0.15, 0.2) is 30.3 Å². The van der Waals surface area contributed by atoms with Crippen molar-refractivity contribution in [3.8, 4) is 0 Å². The minimum absolute atomic E-state index is 0.00746. The molecule has 3 rings (SSSR count). The lowest BCUT2D eigenvalue weighted by Crippen LogP contribution is -2.38. The minimum atomic E-state index is -0.596. The summed E-state index contributed by atoms with van der Waals surface area (Å²) in [5.41, 5.74) is -0.207.